The Kier molecular flexibility index (Phi) is 4.87. The highest BCUT2D eigenvalue weighted by atomic mass is 15.1. The second kappa shape index (κ2) is 6.19. The van der Waals surface area contributed by atoms with E-state index in [9.17, 15) is 0 Å². The molecule has 2 atom stereocenters. The van der Waals surface area contributed by atoms with Crippen molar-refractivity contribution in [2.24, 2.45) is 5.92 Å². The van der Waals surface area contributed by atoms with Gasteiger partial charge in [-0.05, 0) is 71.0 Å². The zero-order valence-corrected chi connectivity index (χ0v) is 11.8. The zero-order valence-electron chi connectivity index (χ0n) is 11.8. The largest absolute Gasteiger partial charge is 0.312 e. The summed E-state index contributed by atoms with van der Waals surface area (Å²) in [4.78, 5) is 2.63. The van der Waals surface area contributed by atoms with Gasteiger partial charge in [-0.1, -0.05) is 13.3 Å². The summed E-state index contributed by atoms with van der Waals surface area (Å²) in [5.74, 6) is 0.962. The minimum Gasteiger partial charge on any atom is -0.312 e. The SMILES string of the molecule is CCN1CCCC(CCC2(C)CCCCN2)C1. The fourth-order valence-corrected chi connectivity index (χ4v) is 3.53. The van der Waals surface area contributed by atoms with E-state index in [0.29, 0.717) is 5.54 Å². The van der Waals surface area contributed by atoms with Crippen molar-refractivity contribution in [3.05, 3.63) is 0 Å². The third kappa shape index (κ3) is 3.96. The molecule has 0 spiro atoms. The normalized spacial score (nSPS) is 36.0. The number of rotatable bonds is 4. The first kappa shape index (κ1) is 13.4. The molecule has 0 aromatic carbocycles. The number of hydrogen-bond donors (Lipinski definition) is 1. The quantitative estimate of drug-likeness (QED) is 0.810. The van der Waals surface area contributed by atoms with Crippen LogP contribution in [0.2, 0.25) is 0 Å². The molecule has 2 unspecified atom stereocenters. The van der Waals surface area contributed by atoms with Gasteiger partial charge < -0.3 is 10.2 Å². The van der Waals surface area contributed by atoms with Crippen molar-refractivity contribution in [3.8, 4) is 0 Å². The van der Waals surface area contributed by atoms with Gasteiger partial charge in [0.1, 0.15) is 0 Å². The number of likely N-dealkylation sites (tertiary alicyclic amines) is 1. The van der Waals surface area contributed by atoms with Crippen LogP contribution in [0.3, 0.4) is 0 Å². The van der Waals surface area contributed by atoms with E-state index in [2.05, 4.69) is 24.1 Å². The predicted octanol–water partition coefficient (Wildman–Crippen LogP) is 3.03. The lowest BCUT2D eigenvalue weighted by Crippen LogP contribution is -2.46. The second-order valence-corrected chi connectivity index (χ2v) is 6.38. The lowest BCUT2D eigenvalue weighted by atomic mass is 9.82. The molecular formula is C15H30N2. The predicted molar refractivity (Wildman–Crippen MR) is 74.3 cm³/mol. The minimum absolute atomic E-state index is 0.451. The van der Waals surface area contributed by atoms with Gasteiger partial charge in [0.25, 0.3) is 0 Å². The first-order valence-electron chi connectivity index (χ1n) is 7.69. The van der Waals surface area contributed by atoms with Gasteiger partial charge in [-0.2, -0.15) is 0 Å². The van der Waals surface area contributed by atoms with Crippen LogP contribution in [-0.4, -0.2) is 36.6 Å². The Balaban J connectivity index is 1.73. The lowest BCUT2D eigenvalue weighted by molar-refractivity contribution is 0.158. The first-order valence-corrected chi connectivity index (χ1v) is 7.69. The van der Waals surface area contributed by atoms with E-state index in [4.69, 9.17) is 0 Å². The molecule has 1 N–H and O–H groups in total. The van der Waals surface area contributed by atoms with Gasteiger partial charge in [-0.15, -0.1) is 0 Å². The Labute approximate surface area is 107 Å². The van der Waals surface area contributed by atoms with Crippen LogP contribution in [0.4, 0.5) is 0 Å². The van der Waals surface area contributed by atoms with Gasteiger partial charge in [0, 0.05) is 12.1 Å². The molecule has 0 radical (unpaired) electrons. The molecule has 2 nitrogen and oxygen atoms in total. The van der Waals surface area contributed by atoms with Crippen molar-refractivity contribution >= 4 is 0 Å². The topological polar surface area (TPSA) is 15.3 Å². The summed E-state index contributed by atoms with van der Waals surface area (Å²) in [6, 6.07) is 0. The van der Waals surface area contributed by atoms with Crippen LogP contribution in [0.15, 0.2) is 0 Å². The molecule has 2 saturated heterocycles. The molecule has 2 aliphatic heterocycles. The summed E-state index contributed by atoms with van der Waals surface area (Å²) in [5, 5.41) is 3.75. The molecule has 100 valence electrons. The molecule has 0 saturated carbocycles. The van der Waals surface area contributed by atoms with Crippen molar-refractivity contribution < 1.29 is 0 Å². The van der Waals surface area contributed by atoms with E-state index >= 15 is 0 Å². The molecule has 2 heterocycles. The van der Waals surface area contributed by atoms with Crippen LogP contribution >= 0.6 is 0 Å². The van der Waals surface area contributed by atoms with E-state index in [0.717, 1.165) is 5.92 Å². The van der Waals surface area contributed by atoms with Crippen LogP contribution in [-0.2, 0) is 0 Å². The van der Waals surface area contributed by atoms with Gasteiger partial charge in [0.15, 0.2) is 0 Å². The molecule has 0 amide bonds. The molecule has 2 rings (SSSR count). The Bertz CT molecular complexity index is 221. The molecule has 2 heteroatoms. The van der Waals surface area contributed by atoms with E-state index < -0.39 is 0 Å². The average Bonchev–Trinajstić information content (AvgIpc) is 2.38. The zero-order chi connectivity index (χ0) is 12.1. The highest BCUT2D eigenvalue weighted by molar-refractivity contribution is 4.87. The summed E-state index contributed by atoms with van der Waals surface area (Å²) >= 11 is 0. The molecule has 17 heavy (non-hydrogen) atoms. The standard InChI is InChI=1S/C15H30N2/c1-3-17-12-6-7-14(13-17)8-10-15(2)9-4-5-11-16-15/h14,16H,3-13H2,1-2H3. The van der Waals surface area contributed by atoms with E-state index in [1.165, 1.54) is 71.1 Å². The van der Waals surface area contributed by atoms with Gasteiger partial charge in [0.2, 0.25) is 0 Å². The van der Waals surface area contributed by atoms with Crippen LogP contribution in [0, 0.1) is 5.92 Å². The highest BCUT2D eigenvalue weighted by Gasteiger charge is 2.28. The van der Waals surface area contributed by atoms with E-state index in [1.807, 2.05) is 0 Å². The number of piperidine rings is 2. The first-order chi connectivity index (χ1) is 8.22. The fourth-order valence-electron chi connectivity index (χ4n) is 3.53. The van der Waals surface area contributed by atoms with Gasteiger partial charge in [0.05, 0.1) is 0 Å². The maximum Gasteiger partial charge on any atom is 0.0153 e. The minimum atomic E-state index is 0.451. The van der Waals surface area contributed by atoms with Crippen molar-refractivity contribution in [3.63, 3.8) is 0 Å². The van der Waals surface area contributed by atoms with Crippen molar-refractivity contribution in [2.45, 2.75) is 64.3 Å². The molecule has 0 aromatic heterocycles. The Morgan fingerprint density at radius 1 is 1.29 bits per heavy atom. The van der Waals surface area contributed by atoms with Crippen molar-refractivity contribution in [2.75, 3.05) is 26.2 Å². The lowest BCUT2D eigenvalue weighted by Gasteiger charge is -2.38. The second-order valence-electron chi connectivity index (χ2n) is 6.38. The Morgan fingerprint density at radius 2 is 2.18 bits per heavy atom. The van der Waals surface area contributed by atoms with E-state index in [1.54, 1.807) is 0 Å². The molecule has 0 aromatic rings. The van der Waals surface area contributed by atoms with Crippen LogP contribution in [0.5, 0.6) is 0 Å². The van der Waals surface area contributed by atoms with Crippen LogP contribution < -0.4 is 5.32 Å². The summed E-state index contributed by atoms with van der Waals surface area (Å²) in [6.45, 7) is 9.91. The maximum absolute atomic E-state index is 3.75. The maximum atomic E-state index is 3.75. The van der Waals surface area contributed by atoms with Crippen molar-refractivity contribution in [1.82, 2.24) is 10.2 Å². The molecular weight excluding hydrogens is 208 g/mol. The van der Waals surface area contributed by atoms with E-state index in [-0.39, 0.29) is 0 Å². The van der Waals surface area contributed by atoms with Crippen molar-refractivity contribution in [1.29, 1.82) is 0 Å². The van der Waals surface area contributed by atoms with Crippen LogP contribution in [0.25, 0.3) is 0 Å². The van der Waals surface area contributed by atoms with Gasteiger partial charge >= 0.3 is 0 Å². The third-order valence-electron chi connectivity index (χ3n) is 4.86. The molecule has 2 fully saturated rings. The summed E-state index contributed by atoms with van der Waals surface area (Å²) < 4.78 is 0. The Morgan fingerprint density at radius 3 is 2.88 bits per heavy atom. The average molecular weight is 238 g/mol. The molecule has 2 aliphatic rings. The fraction of sp³-hybridized carbons (Fsp3) is 1.00. The van der Waals surface area contributed by atoms with Crippen LogP contribution in [0.1, 0.15) is 58.8 Å². The number of nitrogens with one attached hydrogen (secondary N) is 1. The number of hydrogen-bond acceptors (Lipinski definition) is 2. The number of nitrogens with zero attached hydrogens (tertiary/aromatic N) is 1. The highest BCUT2D eigenvalue weighted by Crippen LogP contribution is 2.28. The third-order valence-corrected chi connectivity index (χ3v) is 4.86. The molecule has 0 bridgehead atoms. The summed E-state index contributed by atoms with van der Waals surface area (Å²) in [7, 11) is 0. The van der Waals surface area contributed by atoms with Gasteiger partial charge in [-0.3, -0.25) is 0 Å². The monoisotopic (exact) mass is 238 g/mol. The summed E-state index contributed by atoms with van der Waals surface area (Å²) in [6.07, 6.45) is 9.89. The summed E-state index contributed by atoms with van der Waals surface area (Å²) in [5.41, 5.74) is 0.451. The van der Waals surface area contributed by atoms with Gasteiger partial charge in [-0.25, -0.2) is 0 Å². The Hall–Kier alpha value is -0.0800. The smallest absolute Gasteiger partial charge is 0.0153 e. The molecule has 0 aliphatic carbocycles.